The van der Waals surface area contributed by atoms with Gasteiger partial charge in [0.25, 0.3) is 0 Å². The van der Waals surface area contributed by atoms with Crippen LogP contribution < -0.4 is 0 Å². The van der Waals surface area contributed by atoms with Crippen LogP contribution in [-0.2, 0) is 14.2 Å². The summed E-state index contributed by atoms with van der Waals surface area (Å²) in [5, 5.41) is 0. The molecule has 1 saturated carbocycles. The van der Waals surface area contributed by atoms with Gasteiger partial charge in [0.1, 0.15) is 0 Å². The van der Waals surface area contributed by atoms with Crippen molar-refractivity contribution in [2.45, 2.75) is 63.9 Å². The Bertz CT molecular complexity index is 189. The summed E-state index contributed by atoms with van der Waals surface area (Å²) in [4.78, 5) is 0. The van der Waals surface area contributed by atoms with E-state index in [9.17, 15) is 0 Å². The van der Waals surface area contributed by atoms with Gasteiger partial charge in [-0.15, -0.1) is 0 Å². The molecular weight excluding hydrogens is 192 g/mol. The Morgan fingerprint density at radius 2 is 1.87 bits per heavy atom. The van der Waals surface area contributed by atoms with E-state index in [1.165, 1.54) is 0 Å². The van der Waals surface area contributed by atoms with E-state index in [-0.39, 0.29) is 5.79 Å². The molecule has 2 aliphatic rings. The fourth-order valence-corrected chi connectivity index (χ4v) is 2.38. The fraction of sp³-hybridized carbons (Fsp3) is 1.00. The van der Waals surface area contributed by atoms with E-state index in [1.807, 2.05) is 0 Å². The molecule has 3 nitrogen and oxygen atoms in total. The molecule has 0 aromatic carbocycles. The van der Waals surface area contributed by atoms with Gasteiger partial charge in [-0.05, 0) is 26.2 Å². The molecule has 0 aromatic rings. The highest BCUT2D eigenvalue weighted by atomic mass is 16.7. The fourth-order valence-electron chi connectivity index (χ4n) is 2.38. The van der Waals surface area contributed by atoms with Gasteiger partial charge < -0.3 is 14.2 Å². The molecule has 15 heavy (non-hydrogen) atoms. The number of rotatable bonds is 3. The van der Waals surface area contributed by atoms with Gasteiger partial charge in [0.2, 0.25) is 0 Å². The van der Waals surface area contributed by atoms with Gasteiger partial charge in [-0.2, -0.15) is 0 Å². The molecule has 2 fully saturated rings. The van der Waals surface area contributed by atoms with E-state index < -0.39 is 0 Å². The summed E-state index contributed by atoms with van der Waals surface area (Å²) in [6.45, 7) is 5.83. The van der Waals surface area contributed by atoms with Crippen LogP contribution in [0, 0.1) is 0 Å². The Balaban J connectivity index is 1.76. The third-order valence-corrected chi connectivity index (χ3v) is 3.51. The average molecular weight is 214 g/mol. The Labute approximate surface area is 92.1 Å². The molecule has 1 aliphatic carbocycles. The van der Waals surface area contributed by atoms with Gasteiger partial charge in [0.05, 0.1) is 25.4 Å². The predicted molar refractivity (Wildman–Crippen MR) is 57.7 cm³/mol. The summed E-state index contributed by atoms with van der Waals surface area (Å²) in [7, 11) is 0. The zero-order valence-electron chi connectivity index (χ0n) is 9.83. The van der Waals surface area contributed by atoms with E-state index in [1.54, 1.807) is 0 Å². The van der Waals surface area contributed by atoms with E-state index in [0.717, 1.165) is 45.3 Å². The van der Waals surface area contributed by atoms with Crippen molar-refractivity contribution in [3.05, 3.63) is 0 Å². The van der Waals surface area contributed by atoms with Crippen molar-refractivity contribution in [1.82, 2.24) is 0 Å². The topological polar surface area (TPSA) is 27.7 Å². The molecule has 2 rings (SSSR count). The second-order valence-electron chi connectivity index (χ2n) is 4.66. The average Bonchev–Trinajstić information content (AvgIpc) is 2.70. The predicted octanol–water partition coefficient (Wildman–Crippen LogP) is 2.49. The lowest BCUT2D eigenvalue weighted by Crippen LogP contribution is -2.38. The van der Waals surface area contributed by atoms with Crippen molar-refractivity contribution in [3.8, 4) is 0 Å². The van der Waals surface area contributed by atoms with Crippen LogP contribution in [0.5, 0.6) is 0 Å². The second-order valence-corrected chi connectivity index (χ2v) is 4.66. The highest BCUT2D eigenvalue weighted by Crippen LogP contribution is 2.36. The Morgan fingerprint density at radius 1 is 1.27 bits per heavy atom. The minimum atomic E-state index is -0.241. The van der Waals surface area contributed by atoms with Crippen LogP contribution in [0.4, 0.5) is 0 Å². The van der Waals surface area contributed by atoms with Crippen LogP contribution in [0.2, 0.25) is 0 Å². The molecule has 1 spiro atoms. The molecule has 0 aromatic heterocycles. The Morgan fingerprint density at radius 3 is 2.40 bits per heavy atom. The maximum atomic E-state index is 5.93. The highest BCUT2D eigenvalue weighted by molar-refractivity contribution is 4.83. The second kappa shape index (κ2) is 4.81. The smallest absolute Gasteiger partial charge is 0.168 e. The lowest BCUT2D eigenvalue weighted by Gasteiger charge is -2.36. The summed E-state index contributed by atoms with van der Waals surface area (Å²) in [6.07, 6.45) is 6.03. The van der Waals surface area contributed by atoms with Crippen molar-refractivity contribution in [3.63, 3.8) is 0 Å². The zero-order valence-corrected chi connectivity index (χ0v) is 9.83. The number of hydrogen-bond donors (Lipinski definition) is 0. The molecular formula is C12H22O3. The molecule has 0 radical (unpaired) electrons. The highest BCUT2D eigenvalue weighted by Gasteiger charge is 2.40. The molecule has 3 heteroatoms. The molecule has 88 valence electrons. The molecule has 0 amide bonds. The van der Waals surface area contributed by atoms with Crippen LogP contribution in [0.15, 0.2) is 0 Å². The van der Waals surface area contributed by atoms with E-state index in [4.69, 9.17) is 14.2 Å². The van der Waals surface area contributed by atoms with Crippen molar-refractivity contribution >= 4 is 0 Å². The maximum Gasteiger partial charge on any atom is 0.168 e. The van der Waals surface area contributed by atoms with Crippen LogP contribution in [0.25, 0.3) is 0 Å². The maximum absolute atomic E-state index is 5.93. The molecule has 1 aliphatic heterocycles. The first-order chi connectivity index (χ1) is 7.24. The summed E-state index contributed by atoms with van der Waals surface area (Å²) < 4.78 is 17.3. The summed E-state index contributed by atoms with van der Waals surface area (Å²) in [5.41, 5.74) is 0. The van der Waals surface area contributed by atoms with Gasteiger partial charge in [-0.25, -0.2) is 0 Å². The Kier molecular flexibility index (Phi) is 3.65. The molecule has 0 N–H and O–H groups in total. The number of ether oxygens (including phenoxy) is 3. The Hall–Kier alpha value is -0.120. The van der Waals surface area contributed by atoms with Gasteiger partial charge >= 0.3 is 0 Å². The van der Waals surface area contributed by atoms with Crippen LogP contribution in [0.1, 0.15) is 46.0 Å². The molecule has 1 heterocycles. The van der Waals surface area contributed by atoms with Crippen molar-refractivity contribution < 1.29 is 14.2 Å². The third kappa shape index (κ3) is 2.71. The first-order valence-corrected chi connectivity index (χ1v) is 6.17. The minimum absolute atomic E-state index is 0.241. The van der Waals surface area contributed by atoms with Crippen LogP contribution in [-0.4, -0.2) is 31.2 Å². The lowest BCUT2D eigenvalue weighted by molar-refractivity contribution is -0.195. The lowest BCUT2D eigenvalue weighted by atomic mass is 9.91. The largest absolute Gasteiger partial charge is 0.375 e. The molecule has 1 unspecified atom stereocenters. The molecule has 1 atom stereocenters. The third-order valence-electron chi connectivity index (χ3n) is 3.51. The monoisotopic (exact) mass is 214 g/mol. The van der Waals surface area contributed by atoms with E-state index in [0.29, 0.717) is 12.2 Å². The SMILES string of the molecule is CCC(C)OC1CCC2(CC1)OCCO2. The normalized spacial score (nSPS) is 28.4. The zero-order chi connectivity index (χ0) is 10.7. The van der Waals surface area contributed by atoms with Crippen LogP contribution >= 0.6 is 0 Å². The minimum Gasteiger partial charge on any atom is -0.375 e. The quantitative estimate of drug-likeness (QED) is 0.722. The van der Waals surface area contributed by atoms with Crippen molar-refractivity contribution in [1.29, 1.82) is 0 Å². The summed E-state index contributed by atoms with van der Waals surface area (Å²) in [5.74, 6) is -0.241. The molecule has 1 saturated heterocycles. The van der Waals surface area contributed by atoms with E-state index >= 15 is 0 Å². The van der Waals surface area contributed by atoms with Gasteiger partial charge in [0.15, 0.2) is 5.79 Å². The number of hydrogen-bond acceptors (Lipinski definition) is 3. The summed E-state index contributed by atoms with van der Waals surface area (Å²) in [6, 6.07) is 0. The van der Waals surface area contributed by atoms with Gasteiger partial charge in [-0.1, -0.05) is 6.92 Å². The standard InChI is InChI=1S/C12H22O3/c1-3-10(2)15-11-4-6-12(7-5-11)13-8-9-14-12/h10-11H,3-9H2,1-2H3. The van der Waals surface area contributed by atoms with Gasteiger partial charge in [0, 0.05) is 12.8 Å². The first-order valence-electron chi connectivity index (χ1n) is 6.17. The van der Waals surface area contributed by atoms with Gasteiger partial charge in [-0.3, -0.25) is 0 Å². The van der Waals surface area contributed by atoms with Crippen molar-refractivity contribution in [2.75, 3.05) is 13.2 Å². The summed E-state index contributed by atoms with van der Waals surface area (Å²) >= 11 is 0. The van der Waals surface area contributed by atoms with E-state index in [2.05, 4.69) is 13.8 Å². The first kappa shape index (κ1) is 11.4. The molecule has 0 bridgehead atoms. The van der Waals surface area contributed by atoms with Crippen LogP contribution in [0.3, 0.4) is 0 Å². The van der Waals surface area contributed by atoms with Crippen molar-refractivity contribution in [2.24, 2.45) is 0 Å².